The molecular weight excluding hydrogens is 437 g/mol. The van der Waals surface area contributed by atoms with Crippen LogP contribution in [0.5, 0.6) is 0 Å². The van der Waals surface area contributed by atoms with Crippen molar-refractivity contribution in [2.75, 3.05) is 18.4 Å². The summed E-state index contributed by atoms with van der Waals surface area (Å²) in [4.78, 5) is 38.4. The molecule has 1 heterocycles. The van der Waals surface area contributed by atoms with Crippen LogP contribution in [0.3, 0.4) is 0 Å². The van der Waals surface area contributed by atoms with Gasteiger partial charge in [0, 0.05) is 24.2 Å². The first kappa shape index (κ1) is 23.1. The first-order chi connectivity index (χ1) is 16.0. The molecule has 1 saturated heterocycles. The monoisotopic (exact) mass is 471 g/mol. The highest BCUT2D eigenvalue weighted by molar-refractivity contribution is 5.96. The Morgan fingerprint density at radius 2 is 1.79 bits per heavy atom. The highest BCUT2D eigenvalue weighted by Gasteiger charge is 2.60. The third kappa shape index (κ3) is 4.27. The number of hydrogen-bond donors (Lipinski definition) is 3. The van der Waals surface area contributed by atoms with Gasteiger partial charge in [-0.3, -0.25) is 9.59 Å². The molecule has 2 unspecified atom stereocenters. The molecule has 7 nitrogen and oxygen atoms in total. The molecule has 1 aliphatic heterocycles. The van der Waals surface area contributed by atoms with Gasteiger partial charge in [0.1, 0.15) is 5.82 Å². The SMILES string of the molecule is CC12CC3CC(C)(C1)CC(NC(=O)Nc1ccc(C(=O)N4CCC[C@H](C(=O)O)C4)cc1F)(C3)C2. The Labute approximate surface area is 199 Å². The van der Waals surface area contributed by atoms with Gasteiger partial charge in [-0.2, -0.15) is 0 Å². The quantitative estimate of drug-likeness (QED) is 0.596. The number of hydrogen-bond acceptors (Lipinski definition) is 3. The van der Waals surface area contributed by atoms with E-state index < -0.39 is 29.6 Å². The van der Waals surface area contributed by atoms with Gasteiger partial charge in [-0.1, -0.05) is 13.8 Å². The number of anilines is 1. The lowest BCUT2D eigenvalue weighted by molar-refractivity contribution is -0.143. The fraction of sp³-hybridized carbons (Fsp3) is 0.654. The molecular formula is C26H34FN3O4. The van der Waals surface area contributed by atoms with Crippen molar-refractivity contribution in [1.82, 2.24) is 10.2 Å². The van der Waals surface area contributed by atoms with E-state index in [4.69, 9.17) is 0 Å². The summed E-state index contributed by atoms with van der Waals surface area (Å²) in [5.74, 6) is -1.96. The molecule has 34 heavy (non-hydrogen) atoms. The highest BCUT2D eigenvalue weighted by Crippen LogP contribution is 2.66. The number of piperidine rings is 1. The molecule has 3 N–H and O–H groups in total. The first-order valence-corrected chi connectivity index (χ1v) is 12.4. The molecule has 3 amide bonds. The summed E-state index contributed by atoms with van der Waals surface area (Å²) in [5, 5.41) is 15.1. The highest BCUT2D eigenvalue weighted by atomic mass is 19.1. The van der Waals surface area contributed by atoms with Crippen LogP contribution in [-0.4, -0.2) is 46.5 Å². The number of carbonyl (C=O) groups is 3. The topological polar surface area (TPSA) is 98.7 Å². The molecule has 0 radical (unpaired) electrons. The molecule has 4 aliphatic carbocycles. The van der Waals surface area contributed by atoms with Gasteiger partial charge in [0.05, 0.1) is 11.6 Å². The van der Waals surface area contributed by atoms with Crippen molar-refractivity contribution in [3.8, 4) is 0 Å². The third-order valence-corrected chi connectivity index (χ3v) is 8.53. The molecule has 3 atom stereocenters. The van der Waals surface area contributed by atoms with Crippen LogP contribution in [0.4, 0.5) is 14.9 Å². The second-order valence-corrected chi connectivity index (χ2v) is 12.1. The molecule has 0 spiro atoms. The Balaban J connectivity index is 1.25. The molecule has 4 bridgehead atoms. The van der Waals surface area contributed by atoms with Crippen LogP contribution in [0.2, 0.25) is 0 Å². The summed E-state index contributed by atoms with van der Waals surface area (Å²) in [6.45, 7) is 5.24. The maximum Gasteiger partial charge on any atom is 0.319 e. The molecule has 184 valence electrons. The molecule has 8 heteroatoms. The van der Waals surface area contributed by atoms with E-state index in [-0.39, 0.29) is 34.2 Å². The summed E-state index contributed by atoms with van der Waals surface area (Å²) < 4.78 is 14.9. The molecule has 6 rings (SSSR count). The average molecular weight is 472 g/mol. The van der Waals surface area contributed by atoms with Gasteiger partial charge >= 0.3 is 12.0 Å². The van der Waals surface area contributed by atoms with Gasteiger partial charge in [-0.15, -0.1) is 0 Å². The third-order valence-electron chi connectivity index (χ3n) is 8.53. The van der Waals surface area contributed by atoms with Crippen molar-refractivity contribution in [3.63, 3.8) is 0 Å². The number of nitrogens with zero attached hydrogens (tertiary/aromatic N) is 1. The number of likely N-dealkylation sites (tertiary alicyclic amines) is 1. The minimum Gasteiger partial charge on any atom is -0.481 e. The Morgan fingerprint density at radius 3 is 2.41 bits per heavy atom. The standard InChI is InChI=1S/C26H34FN3O4/c1-24-9-16-10-25(2,13-24)15-26(11-16,14-24)29-23(34)28-20-6-5-17(8-19(20)27)21(31)30-7-3-4-18(12-30)22(32)33/h5-6,8,16,18H,3-4,7,9-15H2,1-2H3,(H,32,33)(H2,28,29,34)/t16?,18-,24?,25?,26?/m0/s1. The fourth-order valence-corrected chi connectivity index (χ4v) is 8.28. The van der Waals surface area contributed by atoms with Crippen LogP contribution in [-0.2, 0) is 4.79 Å². The van der Waals surface area contributed by atoms with E-state index in [2.05, 4.69) is 24.5 Å². The van der Waals surface area contributed by atoms with Crippen molar-refractivity contribution < 1.29 is 23.9 Å². The van der Waals surface area contributed by atoms with Crippen molar-refractivity contribution in [3.05, 3.63) is 29.6 Å². The maximum absolute atomic E-state index is 14.9. The van der Waals surface area contributed by atoms with E-state index in [0.29, 0.717) is 25.3 Å². The Bertz CT molecular complexity index is 1020. The Kier molecular flexibility index (Phi) is 5.41. The molecule has 1 aromatic rings. The second kappa shape index (κ2) is 7.95. The van der Waals surface area contributed by atoms with Gasteiger partial charge in [0.15, 0.2) is 0 Å². The number of rotatable bonds is 4. The molecule has 4 saturated carbocycles. The summed E-state index contributed by atoms with van der Waals surface area (Å²) >= 11 is 0. The predicted molar refractivity (Wildman–Crippen MR) is 125 cm³/mol. The summed E-state index contributed by atoms with van der Waals surface area (Å²) in [5.41, 5.74) is 0.439. The normalized spacial score (nSPS) is 36.3. The summed E-state index contributed by atoms with van der Waals surface area (Å²) in [6, 6.07) is 3.60. The smallest absolute Gasteiger partial charge is 0.319 e. The summed E-state index contributed by atoms with van der Waals surface area (Å²) in [6.07, 6.45) is 7.69. The van der Waals surface area contributed by atoms with Gasteiger partial charge in [0.25, 0.3) is 5.91 Å². The molecule has 5 aliphatic rings. The van der Waals surface area contributed by atoms with E-state index >= 15 is 0 Å². The number of carboxylic acid groups (broad SMARTS) is 1. The van der Waals surface area contributed by atoms with E-state index in [1.54, 1.807) is 0 Å². The first-order valence-electron chi connectivity index (χ1n) is 12.4. The molecule has 5 fully saturated rings. The molecule has 0 aromatic heterocycles. The van der Waals surface area contributed by atoms with Crippen molar-refractivity contribution in [2.45, 2.75) is 70.8 Å². The number of halogens is 1. The lowest BCUT2D eigenvalue weighted by atomic mass is 9.43. The van der Waals surface area contributed by atoms with Gasteiger partial charge < -0.3 is 20.6 Å². The number of benzene rings is 1. The van der Waals surface area contributed by atoms with Crippen LogP contribution in [0.1, 0.15) is 75.6 Å². The molecule has 1 aromatic carbocycles. The van der Waals surface area contributed by atoms with Crippen LogP contribution in [0.15, 0.2) is 18.2 Å². The van der Waals surface area contributed by atoms with E-state index in [0.717, 1.165) is 25.3 Å². The van der Waals surface area contributed by atoms with Crippen LogP contribution in [0.25, 0.3) is 0 Å². The van der Waals surface area contributed by atoms with Gasteiger partial charge in [0.2, 0.25) is 0 Å². The van der Waals surface area contributed by atoms with Crippen molar-refractivity contribution in [1.29, 1.82) is 0 Å². The van der Waals surface area contributed by atoms with Crippen LogP contribution < -0.4 is 10.6 Å². The van der Waals surface area contributed by atoms with Crippen LogP contribution in [0, 0.1) is 28.5 Å². The second-order valence-electron chi connectivity index (χ2n) is 12.1. The van der Waals surface area contributed by atoms with Gasteiger partial charge in [-0.05, 0) is 86.3 Å². The number of carbonyl (C=O) groups excluding carboxylic acids is 2. The fourth-order valence-electron chi connectivity index (χ4n) is 8.28. The van der Waals surface area contributed by atoms with Crippen LogP contribution >= 0.6 is 0 Å². The lowest BCUT2D eigenvalue weighted by Crippen LogP contribution is -2.65. The number of nitrogens with one attached hydrogen (secondary N) is 2. The van der Waals surface area contributed by atoms with E-state index in [1.807, 2.05) is 0 Å². The zero-order valence-electron chi connectivity index (χ0n) is 20.0. The minimum absolute atomic E-state index is 0.0262. The number of amides is 3. The summed E-state index contributed by atoms with van der Waals surface area (Å²) in [7, 11) is 0. The van der Waals surface area contributed by atoms with Crippen molar-refractivity contribution in [2.24, 2.45) is 22.7 Å². The van der Waals surface area contributed by atoms with Crippen molar-refractivity contribution >= 4 is 23.6 Å². The maximum atomic E-state index is 14.9. The predicted octanol–water partition coefficient (Wildman–Crippen LogP) is 4.63. The lowest BCUT2D eigenvalue weighted by Gasteiger charge is -2.65. The largest absolute Gasteiger partial charge is 0.481 e. The average Bonchev–Trinajstić information content (AvgIpc) is 2.71. The Morgan fingerprint density at radius 1 is 1.09 bits per heavy atom. The van der Waals surface area contributed by atoms with E-state index in [9.17, 15) is 23.9 Å². The Hall–Kier alpha value is -2.64. The van der Waals surface area contributed by atoms with Gasteiger partial charge in [-0.25, -0.2) is 9.18 Å². The number of urea groups is 1. The van der Waals surface area contributed by atoms with E-state index in [1.165, 1.54) is 36.3 Å². The number of aliphatic carboxylic acids is 1. The minimum atomic E-state index is -0.920. The zero-order chi connectivity index (χ0) is 24.3. The zero-order valence-corrected chi connectivity index (χ0v) is 20.0. The number of carboxylic acids is 1.